The van der Waals surface area contributed by atoms with Gasteiger partial charge in [0.2, 0.25) is 0 Å². The fourth-order valence-corrected chi connectivity index (χ4v) is 0.755. The molecule has 2 N–H and O–H groups in total. The number of benzene rings is 1. The molecule has 0 aliphatic carbocycles. The standard InChI is InChI=1S/C8H6O4/c9-7(10)5-1-2-6(4-3-5)8(11)12/h1-4H,(H,9,10)(H,11,12)/i7+1,8+1. The molecule has 1 rings (SSSR count). The van der Waals surface area contributed by atoms with E-state index in [1.165, 1.54) is 24.3 Å². The van der Waals surface area contributed by atoms with Gasteiger partial charge in [0, 0.05) is 0 Å². The second kappa shape index (κ2) is 3.04. The van der Waals surface area contributed by atoms with E-state index in [9.17, 15) is 9.59 Å². The molecule has 0 saturated carbocycles. The van der Waals surface area contributed by atoms with E-state index in [4.69, 9.17) is 10.2 Å². The molecule has 4 nitrogen and oxygen atoms in total. The second-order valence-electron chi connectivity index (χ2n) is 2.19. The van der Waals surface area contributed by atoms with Gasteiger partial charge in [0.1, 0.15) is 0 Å². The van der Waals surface area contributed by atoms with Crippen molar-refractivity contribution in [3.05, 3.63) is 35.4 Å². The maximum absolute atomic E-state index is 10.3. The highest BCUT2D eigenvalue weighted by Crippen LogP contribution is 2.03. The molecule has 0 aliphatic heterocycles. The average molecular weight is 168 g/mol. The van der Waals surface area contributed by atoms with Crippen molar-refractivity contribution in [2.45, 2.75) is 0 Å². The molecule has 12 heavy (non-hydrogen) atoms. The topological polar surface area (TPSA) is 74.6 Å². The Morgan fingerprint density at radius 2 is 1.08 bits per heavy atom. The summed E-state index contributed by atoms with van der Waals surface area (Å²) in [5.41, 5.74) is 0.167. The summed E-state index contributed by atoms with van der Waals surface area (Å²) >= 11 is 0. The molecule has 0 unspecified atom stereocenters. The number of aromatic carboxylic acids is 2. The van der Waals surface area contributed by atoms with Gasteiger partial charge in [0.25, 0.3) is 0 Å². The Morgan fingerprint density at radius 1 is 0.833 bits per heavy atom. The van der Waals surface area contributed by atoms with Crippen LogP contribution in [0, 0.1) is 0 Å². The third-order valence-electron chi connectivity index (χ3n) is 1.38. The van der Waals surface area contributed by atoms with Crippen LogP contribution in [0.4, 0.5) is 0 Å². The van der Waals surface area contributed by atoms with Crippen LogP contribution in [0.25, 0.3) is 0 Å². The molecule has 0 aliphatic rings. The highest BCUT2D eigenvalue weighted by molar-refractivity contribution is 5.91. The van der Waals surface area contributed by atoms with E-state index in [1.807, 2.05) is 0 Å². The van der Waals surface area contributed by atoms with Crippen LogP contribution < -0.4 is 0 Å². The van der Waals surface area contributed by atoms with Crippen molar-refractivity contribution in [1.29, 1.82) is 0 Å². The molecule has 0 saturated heterocycles. The molecule has 62 valence electrons. The molecule has 0 amide bonds. The number of rotatable bonds is 2. The van der Waals surface area contributed by atoms with Crippen LogP contribution in [-0.2, 0) is 0 Å². The summed E-state index contributed by atoms with van der Waals surface area (Å²) < 4.78 is 0. The minimum Gasteiger partial charge on any atom is -0.478 e. The van der Waals surface area contributed by atoms with Crippen LogP contribution in [-0.4, -0.2) is 22.2 Å². The molecular formula is C8H6O4. The Balaban J connectivity index is 3.01. The van der Waals surface area contributed by atoms with Gasteiger partial charge < -0.3 is 10.2 Å². The Kier molecular flexibility index (Phi) is 2.09. The molecule has 0 fully saturated rings. The fraction of sp³-hybridized carbons (Fsp3) is 0. The monoisotopic (exact) mass is 168 g/mol. The maximum Gasteiger partial charge on any atom is 0.335 e. The molecule has 0 atom stereocenters. The number of carbonyl (C=O) groups is 2. The van der Waals surface area contributed by atoms with E-state index in [0.29, 0.717) is 0 Å². The lowest BCUT2D eigenvalue weighted by molar-refractivity contribution is 0.0681. The smallest absolute Gasteiger partial charge is 0.335 e. The van der Waals surface area contributed by atoms with Crippen LogP contribution >= 0.6 is 0 Å². The number of carboxylic acids is 2. The van der Waals surface area contributed by atoms with E-state index in [-0.39, 0.29) is 11.1 Å². The van der Waals surface area contributed by atoms with Gasteiger partial charge in [-0.1, -0.05) is 0 Å². The van der Waals surface area contributed by atoms with Gasteiger partial charge in [-0.05, 0) is 24.3 Å². The lowest BCUT2D eigenvalue weighted by Gasteiger charge is -1.94. The summed E-state index contributed by atoms with van der Waals surface area (Å²) in [5.74, 6) is -2.13. The first kappa shape index (κ1) is 8.26. The summed E-state index contributed by atoms with van der Waals surface area (Å²) in [6.07, 6.45) is 0. The Bertz CT molecular complexity index is 279. The SMILES string of the molecule is O=[13C](O)c1ccc([13C](=O)O)cc1. The van der Waals surface area contributed by atoms with Gasteiger partial charge in [-0.15, -0.1) is 0 Å². The largest absolute Gasteiger partial charge is 0.478 e. The van der Waals surface area contributed by atoms with Gasteiger partial charge in [-0.2, -0.15) is 0 Å². The molecule has 0 heterocycles. The van der Waals surface area contributed by atoms with E-state index < -0.39 is 11.9 Å². The van der Waals surface area contributed by atoms with E-state index in [0.717, 1.165) is 0 Å². The highest BCUT2D eigenvalue weighted by atomic mass is 16.5. The fourth-order valence-electron chi connectivity index (χ4n) is 0.755. The van der Waals surface area contributed by atoms with Crippen molar-refractivity contribution in [2.75, 3.05) is 0 Å². The molecule has 1 aromatic rings. The third-order valence-corrected chi connectivity index (χ3v) is 1.38. The van der Waals surface area contributed by atoms with Crippen LogP contribution in [0.1, 0.15) is 20.7 Å². The highest BCUT2D eigenvalue weighted by Gasteiger charge is 2.04. The van der Waals surface area contributed by atoms with Crippen molar-refractivity contribution >= 4 is 11.9 Å². The van der Waals surface area contributed by atoms with Crippen molar-refractivity contribution in [3.8, 4) is 0 Å². The van der Waals surface area contributed by atoms with Gasteiger partial charge in [0.05, 0.1) is 11.1 Å². The Labute approximate surface area is 68.1 Å². The molecule has 0 aromatic heterocycles. The first-order chi connectivity index (χ1) is 5.61. The maximum atomic E-state index is 10.3. The Hall–Kier alpha value is -1.84. The molecule has 1 aromatic carbocycles. The van der Waals surface area contributed by atoms with Gasteiger partial charge in [0.15, 0.2) is 0 Å². The lowest BCUT2D eigenvalue weighted by atomic mass is 10.2. The summed E-state index contributed by atoms with van der Waals surface area (Å²) in [7, 11) is 0. The van der Waals surface area contributed by atoms with Gasteiger partial charge >= 0.3 is 11.9 Å². The predicted molar refractivity (Wildman–Crippen MR) is 40.4 cm³/mol. The Morgan fingerprint density at radius 3 is 1.25 bits per heavy atom. The molecule has 0 bridgehead atoms. The number of hydrogen-bond donors (Lipinski definition) is 2. The van der Waals surface area contributed by atoms with Gasteiger partial charge in [-0.3, -0.25) is 0 Å². The molecule has 4 heteroatoms. The normalized spacial score (nSPS) is 9.33. The zero-order valence-corrected chi connectivity index (χ0v) is 6.02. The van der Waals surface area contributed by atoms with Crippen molar-refractivity contribution in [3.63, 3.8) is 0 Å². The zero-order chi connectivity index (χ0) is 9.14. The van der Waals surface area contributed by atoms with E-state index in [2.05, 4.69) is 0 Å². The van der Waals surface area contributed by atoms with E-state index >= 15 is 0 Å². The molecule has 0 spiro atoms. The van der Waals surface area contributed by atoms with Gasteiger partial charge in [-0.25, -0.2) is 9.59 Å². The summed E-state index contributed by atoms with van der Waals surface area (Å²) in [6, 6.07) is 5.02. The van der Waals surface area contributed by atoms with Crippen LogP contribution in [0.15, 0.2) is 24.3 Å². The first-order valence-corrected chi connectivity index (χ1v) is 3.18. The van der Waals surface area contributed by atoms with Crippen molar-refractivity contribution < 1.29 is 19.8 Å². The number of hydrogen-bond acceptors (Lipinski definition) is 2. The van der Waals surface area contributed by atoms with Crippen LogP contribution in [0.2, 0.25) is 0 Å². The minimum absolute atomic E-state index is 0.0833. The van der Waals surface area contributed by atoms with Crippen molar-refractivity contribution in [1.82, 2.24) is 0 Å². The molecule has 0 radical (unpaired) electrons. The summed E-state index contributed by atoms with van der Waals surface area (Å²) in [6.45, 7) is 0. The van der Waals surface area contributed by atoms with Crippen molar-refractivity contribution in [2.24, 2.45) is 0 Å². The van der Waals surface area contributed by atoms with E-state index in [1.54, 1.807) is 0 Å². The lowest BCUT2D eigenvalue weighted by Crippen LogP contribution is -1.99. The predicted octanol–water partition coefficient (Wildman–Crippen LogP) is 1.08. The zero-order valence-electron chi connectivity index (χ0n) is 6.02. The van der Waals surface area contributed by atoms with Crippen LogP contribution in [0.5, 0.6) is 0 Å². The summed E-state index contributed by atoms with van der Waals surface area (Å²) in [4.78, 5) is 20.7. The first-order valence-electron chi connectivity index (χ1n) is 3.18. The van der Waals surface area contributed by atoms with Crippen LogP contribution in [0.3, 0.4) is 0 Å². The quantitative estimate of drug-likeness (QED) is 0.648. The number of carboxylic acid groups (broad SMARTS) is 2. The second-order valence-corrected chi connectivity index (χ2v) is 2.19. The third kappa shape index (κ3) is 1.60. The average Bonchev–Trinajstić information content (AvgIpc) is 2.04. The molecular weight excluding hydrogens is 162 g/mol. The summed E-state index contributed by atoms with van der Waals surface area (Å²) in [5, 5.41) is 16.9. The minimum atomic E-state index is -1.06.